The molecule has 9 heteroatoms. The molecule has 0 saturated carbocycles. The van der Waals surface area contributed by atoms with E-state index < -0.39 is 5.91 Å². The summed E-state index contributed by atoms with van der Waals surface area (Å²) in [6.45, 7) is 0. The van der Waals surface area contributed by atoms with Gasteiger partial charge in [-0.05, 0) is 30.3 Å². The molecule has 0 unspecified atom stereocenters. The van der Waals surface area contributed by atoms with E-state index in [-0.39, 0.29) is 24.7 Å². The second-order valence-electron chi connectivity index (χ2n) is 5.88. The number of rotatable bonds is 3. The number of carbonyl (C=O) groups excluding carboxylic acids is 3. The number of hydrogen-bond donors (Lipinski definition) is 1. The lowest BCUT2D eigenvalue weighted by Gasteiger charge is -2.14. The summed E-state index contributed by atoms with van der Waals surface area (Å²) in [4.78, 5) is 41.8. The van der Waals surface area contributed by atoms with E-state index in [2.05, 4.69) is 10.3 Å². The van der Waals surface area contributed by atoms with Gasteiger partial charge in [-0.15, -0.1) is 0 Å². The third-order valence-corrected chi connectivity index (χ3v) is 5.48. The molecule has 0 radical (unpaired) electrons. The minimum atomic E-state index is -0.405. The van der Waals surface area contributed by atoms with E-state index in [0.29, 0.717) is 31.9 Å². The molecule has 1 aliphatic heterocycles. The van der Waals surface area contributed by atoms with Gasteiger partial charge in [-0.3, -0.25) is 24.6 Å². The Morgan fingerprint density at radius 3 is 2.59 bits per heavy atom. The zero-order valence-corrected chi connectivity index (χ0v) is 16.0. The van der Waals surface area contributed by atoms with Gasteiger partial charge in [-0.1, -0.05) is 40.6 Å². The molecular weight excluding hydrogens is 409 g/mol. The van der Waals surface area contributed by atoms with Crippen LogP contribution in [0.1, 0.15) is 23.2 Å². The highest BCUT2D eigenvalue weighted by atomic mass is 35.5. The Labute approximate surface area is 167 Å². The summed E-state index contributed by atoms with van der Waals surface area (Å²) in [7, 11) is 0. The maximum atomic E-state index is 12.6. The molecule has 27 heavy (non-hydrogen) atoms. The number of fused-ring (bicyclic) bond motifs is 1. The monoisotopic (exact) mass is 419 g/mol. The van der Waals surface area contributed by atoms with Crippen LogP contribution in [0.5, 0.6) is 0 Å². The lowest BCUT2D eigenvalue weighted by Crippen LogP contribution is -2.28. The standard InChI is InChI=1S/C18H11Cl2N3O3S/c19-10-7-12(20)16-13(8-10)27-18(21-16)22-17(26)9-2-1-3-11(6-9)23-14(24)4-5-15(23)25/h1-3,6-8H,4-5H2,(H,21,22,26). The van der Waals surface area contributed by atoms with Gasteiger partial charge in [0, 0.05) is 23.4 Å². The molecule has 1 fully saturated rings. The highest BCUT2D eigenvalue weighted by Crippen LogP contribution is 2.34. The van der Waals surface area contributed by atoms with Crippen molar-refractivity contribution in [3.8, 4) is 0 Å². The predicted molar refractivity (Wildman–Crippen MR) is 106 cm³/mol. The Kier molecular flexibility index (Phi) is 4.59. The van der Waals surface area contributed by atoms with Crippen LogP contribution in [0.25, 0.3) is 10.2 Å². The SMILES string of the molecule is O=C(Nc1nc2c(Cl)cc(Cl)cc2s1)c1cccc(N2C(=O)CCC2=O)c1. The number of amides is 3. The van der Waals surface area contributed by atoms with E-state index in [1.165, 1.54) is 17.4 Å². The number of hydrogen-bond acceptors (Lipinski definition) is 5. The van der Waals surface area contributed by atoms with Crippen molar-refractivity contribution >= 4 is 73.3 Å². The molecule has 0 atom stereocenters. The van der Waals surface area contributed by atoms with Crippen molar-refractivity contribution in [1.29, 1.82) is 0 Å². The summed E-state index contributed by atoms with van der Waals surface area (Å²) in [5, 5.41) is 3.98. The summed E-state index contributed by atoms with van der Waals surface area (Å²) < 4.78 is 0.754. The van der Waals surface area contributed by atoms with Crippen LogP contribution in [0.15, 0.2) is 36.4 Å². The van der Waals surface area contributed by atoms with Gasteiger partial charge in [0.25, 0.3) is 5.91 Å². The number of aromatic nitrogens is 1. The average molecular weight is 420 g/mol. The van der Waals surface area contributed by atoms with Crippen LogP contribution in [0, 0.1) is 0 Å². The molecule has 6 nitrogen and oxygen atoms in total. The summed E-state index contributed by atoms with van der Waals surface area (Å²) in [6.07, 6.45) is 0.370. The van der Waals surface area contributed by atoms with Crippen LogP contribution in [0.4, 0.5) is 10.8 Å². The zero-order chi connectivity index (χ0) is 19.1. The summed E-state index contributed by atoms with van der Waals surface area (Å²) >= 11 is 13.4. The molecule has 1 aromatic heterocycles. The van der Waals surface area contributed by atoms with Gasteiger partial charge in [-0.2, -0.15) is 0 Å². The van der Waals surface area contributed by atoms with E-state index in [1.807, 2.05) is 0 Å². The largest absolute Gasteiger partial charge is 0.298 e. The maximum absolute atomic E-state index is 12.6. The fourth-order valence-corrected chi connectivity index (χ4v) is 4.41. The van der Waals surface area contributed by atoms with Crippen molar-refractivity contribution in [1.82, 2.24) is 4.98 Å². The first kappa shape index (κ1) is 17.9. The van der Waals surface area contributed by atoms with Gasteiger partial charge in [0.2, 0.25) is 11.8 Å². The number of halogens is 2. The van der Waals surface area contributed by atoms with Gasteiger partial charge < -0.3 is 0 Å². The van der Waals surface area contributed by atoms with Crippen molar-refractivity contribution in [3.63, 3.8) is 0 Å². The predicted octanol–water partition coefficient (Wildman–Crippen LogP) is 4.51. The smallest absolute Gasteiger partial charge is 0.257 e. The molecular formula is C18H11Cl2N3O3S. The molecule has 0 spiro atoms. The van der Waals surface area contributed by atoms with Crippen LogP contribution in [-0.4, -0.2) is 22.7 Å². The number of nitrogens with zero attached hydrogens (tertiary/aromatic N) is 2. The van der Waals surface area contributed by atoms with Crippen LogP contribution in [0.3, 0.4) is 0 Å². The van der Waals surface area contributed by atoms with Gasteiger partial charge >= 0.3 is 0 Å². The van der Waals surface area contributed by atoms with E-state index in [9.17, 15) is 14.4 Å². The molecule has 1 N–H and O–H groups in total. The number of benzene rings is 2. The minimum Gasteiger partial charge on any atom is -0.298 e. The number of imide groups is 1. The number of thiazole rings is 1. The third-order valence-electron chi connectivity index (χ3n) is 4.05. The normalized spacial score (nSPS) is 14.2. The summed E-state index contributed by atoms with van der Waals surface area (Å²) in [5.74, 6) is -0.942. The van der Waals surface area contributed by atoms with Gasteiger partial charge in [0.15, 0.2) is 5.13 Å². The molecule has 2 aromatic carbocycles. The summed E-state index contributed by atoms with van der Waals surface area (Å²) in [5.41, 5.74) is 1.25. The van der Waals surface area contributed by atoms with Crippen molar-refractivity contribution < 1.29 is 14.4 Å². The number of carbonyl (C=O) groups is 3. The number of anilines is 2. The highest BCUT2D eigenvalue weighted by Gasteiger charge is 2.30. The Bertz CT molecular complexity index is 1100. The molecule has 1 aliphatic rings. The first-order chi connectivity index (χ1) is 12.9. The molecule has 3 amide bonds. The Morgan fingerprint density at radius 1 is 1.11 bits per heavy atom. The topological polar surface area (TPSA) is 79.4 Å². The second kappa shape index (κ2) is 6.92. The van der Waals surface area contributed by atoms with E-state index in [0.717, 1.165) is 9.60 Å². The average Bonchev–Trinajstić information content (AvgIpc) is 3.17. The zero-order valence-electron chi connectivity index (χ0n) is 13.7. The van der Waals surface area contributed by atoms with Gasteiger partial charge in [0.05, 0.1) is 15.4 Å². The maximum Gasteiger partial charge on any atom is 0.257 e. The lowest BCUT2D eigenvalue weighted by molar-refractivity contribution is -0.121. The third kappa shape index (κ3) is 3.41. The molecule has 3 aromatic rings. The molecule has 136 valence electrons. The Balaban J connectivity index is 1.60. The van der Waals surface area contributed by atoms with Gasteiger partial charge in [-0.25, -0.2) is 4.98 Å². The first-order valence-corrected chi connectivity index (χ1v) is 9.52. The fraction of sp³-hybridized carbons (Fsp3) is 0.111. The molecule has 0 aliphatic carbocycles. The lowest BCUT2D eigenvalue weighted by atomic mass is 10.2. The van der Waals surface area contributed by atoms with Crippen LogP contribution < -0.4 is 10.2 Å². The van der Waals surface area contributed by atoms with Crippen molar-refractivity contribution in [2.45, 2.75) is 12.8 Å². The first-order valence-electron chi connectivity index (χ1n) is 7.95. The fourth-order valence-electron chi connectivity index (χ4n) is 2.83. The second-order valence-corrected chi connectivity index (χ2v) is 7.75. The number of nitrogens with one attached hydrogen (secondary N) is 1. The van der Waals surface area contributed by atoms with E-state index in [4.69, 9.17) is 23.2 Å². The highest BCUT2D eigenvalue weighted by molar-refractivity contribution is 7.22. The molecule has 4 rings (SSSR count). The van der Waals surface area contributed by atoms with E-state index in [1.54, 1.807) is 30.3 Å². The summed E-state index contributed by atoms with van der Waals surface area (Å²) in [6, 6.07) is 9.66. The van der Waals surface area contributed by atoms with Crippen molar-refractivity contribution in [3.05, 3.63) is 52.0 Å². The van der Waals surface area contributed by atoms with Crippen molar-refractivity contribution in [2.24, 2.45) is 0 Å². The van der Waals surface area contributed by atoms with Crippen LogP contribution in [-0.2, 0) is 9.59 Å². The van der Waals surface area contributed by atoms with Gasteiger partial charge in [0.1, 0.15) is 5.52 Å². The quantitative estimate of drug-likeness (QED) is 0.633. The minimum absolute atomic E-state index is 0.185. The van der Waals surface area contributed by atoms with Crippen LogP contribution >= 0.6 is 34.5 Å². The Morgan fingerprint density at radius 2 is 1.85 bits per heavy atom. The molecule has 2 heterocycles. The van der Waals surface area contributed by atoms with Crippen LogP contribution in [0.2, 0.25) is 10.0 Å². The molecule has 1 saturated heterocycles. The van der Waals surface area contributed by atoms with E-state index >= 15 is 0 Å². The molecule has 0 bridgehead atoms. The Hall–Kier alpha value is -2.48. The van der Waals surface area contributed by atoms with Crippen molar-refractivity contribution in [2.75, 3.05) is 10.2 Å².